The summed E-state index contributed by atoms with van der Waals surface area (Å²) in [7, 11) is 2.62. The van der Waals surface area contributed by atoms with Gasteiger partial charge < -0.3 is 49.3 Å². The third-order valence-electron chi connectivity index (χ3n) is 14.5. The summed E-state index contributed by atoms with van der Waals surface area (Å²) in [6.45, 7) is 9.60. The number of hydrogen-bond acceptors (Lipinski definition) is 10. The fourth-order valence-corrected chi connectivity index (χ4v) is 10.6. The maximum atomic E-state index is 14.4. The number of aromatic amines is 2. The van der Waals surface area contributed by atoms with Crippen LogP contribution in [-0.4, -0.2) is 105 Å². The molecular weight excluding hydrogens is 829 g/mol. The monoisotopic (exact) mass is 888 g/mol. The van der Waals surface area contributed by atoms with Crippen LogP contribution >= 0.6 is 0 Å². The van der Waals surface area contributed by atoms with E-state index in [1.54, 1.807) is 0 Å². The van der Waals surface area contributed by atoms with Crippen LogP contribution in [0.5, 0.6) is 5.75 Å². The molecule has 2 aromatic heterocycles. The molecule has 16 nitrogen and oxygen atoms in total. The first kappa shape index (κ1) is 44.1. The first-order valence-electron chi connectivity index (χ1n) is 23.2. The molecule has 0 radical (unpaired) electrons. The van der Waals surface area contributed by atoms with Gasteiger partial charge in [-0.1, -0.05) is 45.4 Å². The van der Waals surface area contributed by atoms with Gasteiger partial charge in [0.2, 0.25) is 11.8 Å². The van der Waals surface area contributed by atoms with Crippen LogP contribution < -0.4 is 15.4 Å². The average molecular weight is 889 g/mol. The normalized spacial score (nSPS) is 22.2. The molecule has 7 atom stereocenters. The number of amides is 4. The second-order valence-corrected chi connectivity index (χ2v) is 18.1. The van der Waals surface area contributed by atoms with Crippen molar-refractivity contribution in [2.75, 3.05) is 27.4 Å². The minimum absolute atomic E-state index is 0.0335. The summed E-state index contributed by atoms with van der Waals surface area (Å²) < 4.78 is 21.9. The van der Waals surface area contributed by atoms with Gasteiger partial charge in [0.15, 0.2) is 0 Å². The Bertz CT molecular complexity index is 2600. The summed E-state index contributed by atoms with van der Waals surface area (Å²) in [5.41, 5.74) is 6.62. The minimum atomic E-state index is -0.723. The van der Waals surface area contributed by atoms with E-state index in [-0.39, 0.29) is 47.8 Å². The van der Waals surface area contributed by atoms with E-state index in [2.05, 4.69) is 70.8 Å². The number of H-pyrrole nitrogens is 2. The Morgan fingerprint density at radius 3 is 2.35 bits per heavy atom. The van der Waals surface area contributed by atoms with Gasteiger partial charge in [-0.05, 0) is 110 Å². The Morgan fingerprint density at radius 1 is 0.846 bits per heavy atom. The molecule has 0 saturated carbocycles. The molecule has 1 unspecified atom stereocenters. The van der Waals surface area contributed by atoms with E-state index in [0.717, 1.165) is 106 Å². The lowest BCUT2D eigenvalue weighted by Gasteiger charge is -2.36. The Hall–Kier alpha value is -6.16. The summed E-state index contributed by atoms with van der Waals surface area (Å²) in [6, 6.07) is 12.7. The van der Waals surface area contributed by atoms with E-state index >= 15 is 0 Å². The highest BCUT2D eigenvalue weighted by Gasteiger charge is 2.44. The predicted molar refractivity (Wildman–Crippen MR) is 244 cm³/mol. The van der Waals surface area contributed by atoms with E-state index in [9.17, 15) is 19.2 Å². The van der Waals surface area contributed by atoms with Gasteiger partial charge in [0.25, 0.3) is 0 Å². The number of ether oxygens (including phenoxy) is 4. The molecule has 4 N–H and O–H groups in total. The van der Waals surface area contributed by atoms with E-state index in [4.69, 9.17) is 28.9 Å². The molecule has 3 fully saturated rings. The van der Waals surface area contributed by atoms with Gasteiger partial charge in [-0.2, -0.15) is 0 Å². The van der Waals surface area contributed by atoms with E-state index in [1.165, 1.54) is 14.2 Å². The van der Waals surface area contributed by atoms with Crippen molar-refractivity contribution in [2.24, 2.45) is 11.8 Å². The average Bonchev–Trinajstić information content (AvgIpc) is 4.17. The fraction of sp³-hybridized carbons (Fsp3) is 0.510. The van der Waals surface area contributed by atoms with Crippen LogP contribution in [0.4, 0.5) is 9.59 Å². The third kappa shape index (κ3) is 8.25. The van der Waals surface area contributed by atoms with Crippen LogP contribution in [0.1, 0.15) is 108 Å². The molecule has 65 heavy (non-hydrogen) atoms. The molecule has 0 aliphatic carbocycles. The number of carbonyl (C=O) groups excluding carboxylic acids is 4. The largest absolute Gasteiger partial charge is 0.488 e. The van der Waals surface area contributed by atoms with Crippen molar-refractivity contribution in [3.8, 4) is 28.1 Å². The zero-order valence-corrected chi connectivity index (χ0v) is 38.1. The summed E-state index contributed by atoms with van der Waals surface area (Å²) in [5, 5.41) is 7.66. The number of rotatable bonds is 11. The van der Waals surface area contributed by atoms with Crippen LogP contribution in [0.15, 0.2) is 48.7 Å². The number of fused-ring (bicyclic) bond motifs is 6. The molecule has 16 heteroatoms. The van der Waals surface area contributed by atoms with Crippen molar-refractivity contribution in [3.05, 3.63) is 65.9 Å². The van der Waals surface area contributed by atoms with Gasteiger partial charge in [0, 0.05) is 36.2 Å². The number of nitrogens with zero attached hydrogens (tertiary/aromatic N) is 4. The highest BCUT2D eigenvalue weighted by Crippen LogP contribution is 2.44. The summed E-state index contributed by atoms with van der Waals surface area (Å²) >= 11 is 0. The lowest BCUT2D eigenvalue weighted by Crippen LogP contribution is -2.54. The Kier molecular flexibility index (Phi) is 12.5. The van der Waals surface area contributed by atoms with Gasteiger partial charge in [-0.3, -0.25) is 9.59 Å². The lowest BCUT2D eigenvalue weighted by molar-refractivity contribution is -0.139. The SMILES string of the molecule is CC[C@H]1CC[C@@H](c2ncc(-c3ccc4c(c3)COc3cc5c(ccc6nc([C@@H]7CC[C@H](C)N7C(=O)[C@@H](NC(=O)OC)C7CCOCC7)[nH]c65)cc3-4)[nH]2)N1C(=O)C(NC(=O)OC)[C@@H](C)CC. The van der Waals surface area contributed by atoms with Crippen molar-refractivity contribution >= 4 is 45.8 Å². The number of imidazole rings is 2. The molecule has 4 aliphatic heterocycles. The minimum Gasteiger partial charge on any atom is -0.488 e. The second kappa shape index (κ2) is 18.4. The quantitative estimate of drug-likeness (QED) is 0.101. The maximum absolute atomic E-state index is 14.4. The lowest BCUT2D eigenvalue weighted by atomic mass is 9.90. The van der Waals surface area contributed by atoms with Crippen molar-refractivity contribution in [2.45, 2.75) is 122 Å². The Balaban J connectivity index is 0.966. The first-order chi connectivity index (χ1) is 31.5. The summed E-state index contributed by atoms with van der Waals surface area (Å²) in [4.78, 5) is 74.2. The van der Waals surface area contributed by atoms with Crippen LogP contribution in [0.3, 0.4) is 0 Å². The number of hydrogen-bond donors (Lipinski definition) is 4. The van der Waals surface area contributed by atoms with Gasteiger partial charge in [-0.15, -0.1) is 0 Å². The number of carbonyl (C=O) groups is 4. The van der Waals surface area contributed by atoms with Gasteiger partial charge in [0.05, 0.1) is 49.2 Å². The molecular formula is C49H60N8O8. The number of methoxy groups -OCH3 is 2. The molecule has 344 valence electrons. The van der Waals surface area contributed by atoms with Crippen LogP contribution in [-0.2, 0) is 30.4 Å². The highest BCUT2D eigenvalue weighted by atomic mass is 16.5. The van der Waals surface area contributed by atoms with Crippen molar-refractivity contribution < 1.29 is 38.1 Å². The zero-order chi connectivity index (χ0) is 45.5. The fourth-order valence-electron chi connectivity index (χ4n) is 10.6. The molecule has 4 amide bonds. The molecule has 0 spiro atoms. The number of nitrogens with one attached hydrogen (secondary N) is 4. The van der Waals surface area contributed by atoms with Gasteiger partial charge >= 0.3 is 12.2 Å². The van der Waals surface area contributed by atoms with Crippen molar-refractivity contribution in [1.29, 1.82) is 0 Å². The number of aromatic nitrogens is 4. The van der Waals surface area contributed by atoms with Gasteiger partial charge in [-0.25, -0.2) is 19.6 Å². The van der Waals surface area contributed by atoms with Crippen LogP contribution in [0.25, 0.3) is 44.2 Å². The van der Waals surface area contributed by atoms with Gasteiger partial charge in [0.1, 0.15) is 36.1 Å². The standard InChI is InChI=1S/C49H60N8O8/c1-7-26(3)41(54-48(60)62-5)46(58)57-32(8-2)12-16-38(57)44-50-24-37(52-44)30-10-13-33-31(21-30)25-65-40-23-34-29(22-35(33)40)11-14-36-43(34)53-45(51-36)39-15-9-27(4)56(39)47(59)42(55-49(61)63-6)28-17-19-64-20-18-28/h10-11,13-14,21-24,26-28,32,38-39,41-42H,7-9,12,15-20,25H2,1-6H3,(H,50,52)(H,51,53)(H,54,60)(H,55,61)/t26-,27-,32-,38-,39-,41?,42-/m0/s1. The molecule has 5 aromatic rings. The van der Waals surface area contributed by atoms with E-state index < -0.39 is 24.3 Å². The van der Waals surface area contributed by atoms with Crippen LogP contribution in [0, 0.1) is 11.8 Å². The molecule has 3 saturated heterocycles. The highest BCUT2D eigenvalue weighted by molar-refractivity contribution is 6.07. The molecule has 0 bridgehead atoms. The van der Waals surface area contributed by atoms with Crippen molar-refractivity contribution in [1.82, 2.24) is 40.4 Å². The number of likely N-dealkylation sites (tertiary alicyclic amines) is 2. The van der Waals surface area contributed by atoms with E-state index in [1.807, 2.05) is 35.9 Å². The summed E-state index contributed by atoms with van der Waals surface area (Å²) in [6.07, 6.45) is 6.64. The smallest absolute Gasteiger partial charge is 0.407 e. The van der Waals surface area contributed by atoms with Crippen molar-refractivity contribution in [3.63, 3.8) is 0 Å². The maximum Gasteiger partial charge on any atom is 0.407 e. The molecule has 4 aliphatic rings. The Morgan fingerprint density at radius 2 is 1.60 bits per heavy atom. The first-order valence-corrected chi connectivity index (χ1v) is 23.2. The summed E-state index contributed by atoms with van der Waals surface area (Å²) in [5.74, 6) is 1.84. The Labute approximate surface area is 378 Å². The van der Waals surface area contributed by atoms with Crippen LogP contribution in [0.2, 0.25) is 0 Å². The molecule has 6 heterocycles. The second-order valence-electron chi connectivity index (χ2n) is 18.1. The molecule has 9 rings (SSSR count). The van der Waals surface area contributed by atoms with E-state index in [0.29, 0.717) is 32.7 Å². The topological polar surface area (TPSA) is 193 Å². The third-order valence-corrected chi connectivity index (χ3v) is 14.5. The zero-order valence-electron chi connectivity index (χ0n) is 38.1. The number of benzene rings is 3. The number of alkyl carbamates (subject to hydrolysis) is 2. The predicted octanol–water partition coefficient (Wildman–Crippen LogP) is 8.08. The molecule has 3 aromatic carbocycles.